The Hall–Kier alpha value is -0.0400. The Labute approximate surface area is 185 Å². The first-order valence-corrected chi connectivity index (χ1v) is 13.3. The third-order valence-electron chi connectivity index (χ3n) is 10.6. The number of halogens is 1. The summed E-state index contributed by atoms with van der Waals surface area (Å²) in [5.74, 6) is 5.27. The Morgan fingerprint density at radius 2 is 1.66 bits per heavy atom. The Bertz CT molecular complexity index is 614. The summed E-state index contributed by atoms with van der Waals surface area (Å²) >= 11 is 6.54. The average molecular weight is 421 g/mol. The van der Waals surface area contributed by atoms with Gasteiger partial charge >= 0.3 is 0 Å². The molecule has 0 unspecified atom stereocenters. The molecule has 0 amide bonds. The van der Waals surface area contributed by atoms with Gasteiger partial charge in [0.1, 0.15) is 5.78 Å². The summed E-state index contributed by atoms with van der Waals surface area (Å²) in [6.45, 7) is 12.3. The van der Waals surface area contributed by atoms with Gasteiger partial charge in [-0.1, -0.05) is 53.9 Å². The van der Waals surface area contributed by atoms with Crippen LogP contribution in [0.25, 0.3) is 0 Å². The zero-order valence-corrected chi connectivity index (χ0v) is 20.4. The maximum absolute atomic E-state index is 13.5. The highest BCUT2D eigenvalue weighted by Gasteiger charge is 2.62. The van der Waals surface area contributed by atoms with Crippen LogP contribution in [0, 0.1) is 52.3 Å². The second-order valence-corrected chi connectivity index (χ2v) is 13.1. The Morgan fingerprint density at radius 3 is 2.38 bits per heavy atom. The van der Waals surface area contributed by atoms with Gasteiger partial charge in [-0.15, -0.1) is 11.6 Å². The standard InChI is InChI=1S/C27H45ClO/c1-17(2)7-6-8-18(3)21-9-10-22-25-23(12-14-27(21,22)5)26(4)13-11-20(28)15-19(26)16-24(25)29/h17-23,25H,6-16H2,1-5H3/t18-,19-,20-,21+,22-,23-,25+,26+,27-/m1/s1. The summed E-state index contributed by atoms with van der Waals surface area (Å²) in [6.07, 6.45) is 13.7. The lowest BCUT2D eigenvalue weighted by atomic mass is 9.44. The molecule has 0 saturated heterocycles. The lowest BCUT2D eigenvalue weighted by Crippen LogP contribution is -2.57. The summed E-state index contributed by atoms with van der Waals surface area (Å²) in [6, 6.07) is 0. The molecule has 0 heterocycles. The number of hydrogen-bond acceptors (Lipinski definition) is 1. The predicted octanol–water partition coefficient (Wildman–Crippen LogP) is 7.89. The van der Waals surface area contributed by atoms with E-state index < -0.39 is 0 Å². The molecule has 4 rings (SSSR count). The van der Waals surface area contributed by atoms with Crippen LogP contribution in [0.3, 0.4) is 0 Å². The molecule has 4 aliphatic carbocycles. The first-order chi connectivity index (χ1) is 13.7. The first kappa shape index (κ1) is 22.2. The van der Waals surface area contributed by atoms with Gasteiger partial charge in [0, 0.05) is 17.7 Å². The fourth-order valence-electron chi connectivity index (χ4n) is 8.90. The minimum absolute atomic E-state index is 0.300. The van der Waals surface area contributed by atoms with Gasteiger partial charge in [0.05, 0.1) is 0 Å². The highest BCUT2D eigenvalue weighted by atomic mass is 35.5. The molecule has 2 heteroatoms. The number of carbonyl (C=O) groups excluding carboxylic acids is 1. The van der Waals surface area contributed by atoms with Gasteiger partial charge in [-0.3, -0.25) is 4.79 Å². The van der Waals surface area contributed by atoms with Crippen molar-refractivity contribution in [2.45, 2.75) is 111 Å². The number of fused-ring (bicyclic) bond motifs is 5. The molecule has 4 saturated carbocycles. The monoisotopic (exact) mass is 420 g/mol. The molecule has 9 atom stereocenters. The summed E-state index contributed by atoms with van der Waals surface area (Å²) in [5, 5.41) is 0.300. The lowest BCUT2D eigenvalue weighted by Gasteiger charge is -2.60. The highest BCUT2D eigenvalue weighted by molar-refractivity contribution is 6.20. The molecule has 0 aromatic rings. The molecule has 0 aromatic carbocycles. The molecule has 0 spiro atoms. The number of ketones is 1. The van der Waals surface area contributed by atoms with Crippen LogP contribution in [0.2, 0.25) is 0 Å². The van der Waals surface area contributed by atoms with Crippen LogP contribution in [0.15, 0.2) is 0 Å². The maximum atomic E-state index is 13.5. The largest absolute Gasteiger partial charge is 0.299 e. The van der Waals surface area contributed by atoms with Crippen molar-refractivity contribution in [3.8, 4) is 0 Å². The van der Waals surface area contributed by atoms with Crippen molar-refractivity contribution >= 4 is 17.4 Å². The van der Waals surface area contributed by atoms with Crippen molar-refractivity contribution in [2.24, 2.45) is 52.3 Å². The second-order valence-electron chi connectivity index (χ2n) is 12.5. The van der Waals surface area contributed by atoms with Crippen molar-refractivity contribution in [3.05, 3.63) is 0 Å². The number of rotatable bonds is 5. The van der Waals surface area contributed by atoms with Crippen LogP contribution in [-0.4, -0.2) is 11.2 Å². The van der Waals surface area contributed by atoms with Crippen LogP contribution in [0.5, 0.6) is 0 Å². The van der Waals surface area contributed by atoms with E-state index in [4.69, 9.17) is 11.6 Å². The summed E-state index contributed by atoms with van der Waals surface area (Å²) < 4.78 is 0. The third-order valence-corrected chi connectivity index (χ3v) is 11.0. The van der Waals surface area contributed by atoms with E-state index in [-0.39, 0.29) is 0 Å². The SMILES string of the molecule is CC(C)CCC[C@@H](C)[C@@H]1CC[C@@H]2[C@@H]3C(=O)C[C@H]4C[C@H](Cl)CC[C@]4(C)[C@@H]3CC[C@@]21C. The van der Waals surface area contributed by atoms with Crippen LogP contribution >= 0.6 is 11.6 Å². The summed E-state index contributed by atoms with van der Waals surface area (Å²) in [4.78, 5) is 13.5. The van der Waals surface area contributed by atoms with Crippen LogP contribution < -0.4 is 0 Å². The van der Waals surface area contributed by atoms with E-state index in [1.807, 2.05) is 0 Å². The lowest BCUT2D eigenvalue weighted by molar-refractivity contribution is -0.156. The maximum Gasteiger partial charge on any atom is 0.136 e. The van der Waals surface area contributed by atoms with Gasteiger partial charge in [-0.25, -0.2) is 0 Å². The second kappa shape index (κ2) is 8.14. The number of hydrogen-bond donors (Lipinski definition) is 0. The normalized spacial score (nSPS) is 48.2. The van der Waals surface area contributed by atoms with Crippen molar-refractivity contribution in [1.29, 1.82) is 0 Å². The van der Waals surface area contributed by atoms with E-state index in [1.54, 1.807) is 0 Å². The molecule has 1 nitrogen and oxygen atoms in total. The fraction of sp³-hybridized carbons (Fsp3) is 0.963. The Kier molecular flexibility index (Phi) is 6.22. The smallest absolute Gasteiger partial charge is 0.136 e. The van der Waals surface area contributed by atoms with Gasteiger partial charge in [0.15, 0.2) is 0 Å². The van der Waals surface area contributed by atoms with Crippen molar-refractivity contribution < 1.29 is 4.79 Å². The van der Waals surface area contributed by atoms with E-state index in [9.17, 15) is 4.79 Å². The quantitative estimate of drug-likeness (QED) is 0.413. The summed E-state index contributed by atoms with van der Waals surface area (Å²) in [7, 11) is 0. The summed E-state index contributed by atoms with van der Waals surface area (Å²) in [5.41, 5.74) is 0.771. The molecule has 0 bridgehead atoms. The molecule has 0 aromatic heterocycles. The molecule has 0 aliphatic heterocycles. The number of alkyl halides is 1. The van der Waals surface area contributed by atoms with Crippen LogP contribution in [-0.2, 0) is 4.79 Å². The van der Waals surface area contributed by atoms with Crippen LogP contribution in [0.4, 0.5) is 0 Å². The molecular formula is C27H45ClO. The predicted molar refractivity (Wildman–Crippen MR) is 123 cm³/mol. The molecular weight excluding hydrogens is 376 g/mol. The molecule has 4 fully saturated rings. The first-order valence-electron chi connectivity index (χ1n) is 12.8. The Balaban J connectivity index is 1.51. The van der Waals surface area contributed by atoms with Gasteiger partial charge in [-0.2, -0.15) is 0 Å². The molecule has 0 radical (unpaired) electrons. The zero-order valence-electron chi connectivity index (χ0n) is 19.7. The van der Waals surface area contributed by atoms with Gasteiger partial charge in [0.25, 0.3) is 0 Å². The van der Waals surface area contributed by atoms with Gasteiger partial charge < -0.3 is 0 Å². The van der Waals surface area contributed by atoms with E-state index in [0.29, 0.717) is 45.7 Å². The molecule has 166 valence electrons. The Morgan fingerprint density at radius 1 is 0.966 bits per heavy atom. The fourth-order valence-corrected chi connectivity index (χ4v) is 9.23. The van der Waals surface area contributed by atoms with E-state index in [0.717, 1.165) is 37.0 Å². The van der Waals surface area contributed by atoms with Crippen molar-refractivity contribution in [3.63, 3.8) is 0 Å². The highest BCUT2D eigenvalue weighted by Crippen LogP contribution is 2.67. The topological polar surface area (TPSA) is 17.1 Å². The molecule has 29 heavy (non-hydrogen) atoms. The molecule has 4 aliphatic rings. The van der Waals surface area contributed by atoms with Gasteiger partial charge in [-0.05, 0) is 91.3 Å². The molecule has 0 N–H and O–H groups in total. The minimum Gasteiger partial charge on any atom is -0.299 e. The average Bonchev–Trinajstić information content (AvgIpc) is 3.00. The van der Waals surface area contributed by atoms with Crippen LogP contribution in [0.1, 0.15) is 105 Å². The number of carbonyl (C=O) groups is 1. The van der Waals surface area contributed by atoms with Crippen molar-refractivity contribution in [1.82, 2.24) is 0 Å². The van der Waals surface area contributed by atoms with E-state index in [2.05, 4.69) is 34.6 Å². The van der Waals surface area contributed by atoms with E-state index >= 15 is 0 Å². The van der Waals surface area contributed by atoms with Gasteiger partial charge in [0.2, 0.25) is 0 Å². The zero-order chi connectivity index (χ0) is 21.0. The van der Waals surface area contributed by atoms with Crippen molar-refractivity contribution in [2.75, 3.05) is 0 Å². The minimum atomic E-state index is 0.300. The van der Waals surface area contributed by atoms with E-state index in [1.165, 1.54) is 51.4 Å². The number of Topliss-reactive ketones (excluding diaryl/α,β-unsaturated/α-hetero) is 1. The third kappa shape index (κ3) is 3.74.